The van der Waals surface area contributed by atoms with E-state index in [0.29, 0.717) is 62.0 Å². The summed E-state index contributed by atoms with van der Waals surface area (Å²) >= 11 is 0. The number of rotatable bonds is 6. The molecule has 1 unspecified atom stereocenters. The highest BCUT2D eigenvalue weighted by molar-refractivity contribution is 7.90. The van der Waals surface area contributed by atoms with Gasteiger partial charge in [-0.3, -0.25) is 19.8 Å². The third-order valence-corrected chi connectivity index (χ3v) is 10.3. The van der Waals surface area contributed by atoms with Gasteiger partial charge in [0, 0.05) is 31.8 Å². The molecule has 3 N–H and O–H groups in total. The van der Waals surface area contributed by atoms with Gasteiger partial charge in [-0.05, 0) is 81.0 Å². The number of carbonyl (C=O) groups excluding carboxylic acids is 2. The maximum absolute atomic E-state index is 13.7. The van der Waals surface area contributed by atoms with Crippen LogP contribution in [0.5, 0.6) is 0 Å². The van der Waals surface area contributed by atoms with E-state index in [1.54, 1.807) is 29.2 Å². The van der Waals surface area contributed by atoms with Crippen LogP contribution < -0.4 is 25.2 Å². The number of hydrogen-bond acceptors (Lipinski definition) is 10. The van der Waals surface area contributed by atoms with Crippen LogP contribution >= 0.6 is 0 Å². The van der Waals surface area contributed by atoms with Crippen molar-refractivity contribution >= 4 is 39.3 Å². The minimum atomic E-state index is -4.27. The van der Waals surface area contributed by atoms with Crippen molar-refractivity contribution < 1.29 is 22.7 Å². The second-order valence-electron chi connectivity index (χ2n) is 14.3. The van der Waals surface area contributed by atoms with Crippen molar-refractivity contribution in [2.75, 3.05) is 48.1 Å². The lowest BCUT2D eigenvalue weighted by Gasteiger charge is -2.34. The highest BCUT2D eigenvalue weighted by Crippen LogP contribution is 2.42. The van der Waals surface area contributed by atoms with Crippen molar-refractivity contribution in [1.29, 1.82) is 0 Å². The lowest BCUT2D eigenvalue weighted by molar-refractivity contribution is -0.119. The molecule has 5 rings (SSSR count). The normalized spacial score (nSPS) is 24.8. The van der Waals surface area contributed by atoms with Gasteiger partial charge in [0.1, 0.15) is 17.5 Å². The lowest BCUT2D eigenvalue weighted by atomic mass is 9.86. The quantitative estimate of drug-likeness (QED) is 0.315. The molecule has 45 heavy (non-hydrogen) atoms. The Bertz CT molecular complexity index is 1520. The monoisotopic (exact) mass is 641 g/mol. The van der Waals surface area contributed by atoms with E-state index in [2.05, 4.69) is 66.8 Å². The van der Waals surface area contributed by atoms with E-state index >= 15 is 0 Å². The van der Waals surface area contributed by atoms with Gasteiger partial charge >= 0.3 is 0 Å². The Hall–Kier alpha value is -3.29. The summed E-state index contributed by atoms with van der Waals surface area (Å²) in [5.41, 5.74) is -0.0633. The predicted octanol–water partition coefficient (Wildman–Crippen LogP) is 3.76. The Morgan fingerprint density at radius 1 is 1.11 bits per heavy atom. The Morgan fingerprint density at radius 2 is 1.89 bits per heavy atom. The topological polar surface area (TPSA) is 146 Å². The first-order valence-corrected chi connectivity index (χ1v) is 17.3. The van der Waals surface area contributed by atoms with Crippen molar-refractivity contribution in [3.63, 3.8) is 0 Å². The highest BCUT2D eigenvalue weighted by Gasteiger charge is 2.43. The average Bonchev–Trinajstić information content (AvgIpc) is 3.49. The smallest absolute Gasteiger partial charge is 0.281 e. The number of hydrogen-bond donors (Lipinski definition) is 3. The molecule has 246 valence electrons. The van der Waals surface area contributed by atoms with Crippen LogP contribution in [0.4, 0.5) is 17.5 Å². The number of nitrogens with one attached hydrogen (secondary N) is 3. The molecule has 0 spiro atoms. The highest BCUT2D eigenvalue weighted by atomic mass is 32.2. The summed E-state index contributed by atoms with van der Waals surface area (Å²) < 4.78 is 34.5. The third kappa shape index (κ3) is 7.58. The summed E-state index contributed by atoms with van der Waals surface area (Å²) in [5.74, 6) is 0.976. The minimum Gasteiger partial charge on any atom is -0.370 e. The van der Waals surface area contributed by atoms with Gasteiger partial charge in [0.2, 0.25) is 5.91 Å². The number of amides is 2. The van der Waals surface area contributed by atoms with Gasteiger partial charge in [-0.1, -0.05) is 33.8 Å². The van der Waals surface area contributed by atoms with E-state index in [1.807, 2.05) is 0 Å². The summed E-state index contributed by atoms with van der Waals surface area (Å²) in [6.07, 6.45) is 3.24. The number of sulfonamides is 1. The van der Waals surface area contributed by atoms with E-state index in [9.17, 15) is 18.0 Å². The number of ether oxygens (including phenoxy) is 1. The molecule has 0 radical (unpaired) electrons. The maximum atomic E-state index is 13.7. The van der Waals surface area contributed by atoms with Crippen molar-refractivity contribution in [2.24, 2.45) is 17.3 Å². The van der Waals surface area contributed by atoms with E-state index in [1.165, 1.54) is 6.07 Å². The van der Waals surface area contributed by atoms with Gasteiger partial charge in [0.25, 0.3) is 15.9 Å². The van der Waals surface area contributed by atoms with Crippen LogP contribution in [0.1, 0.15) is 77.6 Å². The van der Waals surface area contributed by atoms with Crippen LogP contribution in [0.25, 0.3) is 0 Å². The summed E-state index contributed by atoms with van der Waals surface area (Å²) in [4.78, 5) is 40.0. The van der Waals surface area contributed by atoms with Gasteiger partial charge < -0.3 is 15.0 Å². The molecule has 5 heterocycles. The zero-order chi connectivity index (χ0) is 32.6. The standard InChI is InChI=1S/C32H47N7O5S/c1-21-12-15-33-25-8-7-9-27(35-25)45(42,43)37-29(40)23-10-11-26(36-28(23)39-19-22(21)18-32(39,5)6)38-16-13-24(30(38)41)34-20-44-17-14-31(2,3)4/h7-11,21-22,24,34H,12-20H2,1-6H3,(H,33,35)(H,37,40)/t21-,22-,24?/m0/s1. The van der Waals surface area contributed by atoms with Crippen molar-refractivity contribution in [2.45, 2.75) is 83.8 Å². The van der Waals surface area contributed by atoms with E-state index < -0.39 is 22.0 Å². The van der Waals surface area contributed by atoms with E-state index in [-0.39, 0.29) is 34.2 Å². The van der Waals surface area contributed by atoms with E-state index in [0.717, 1.165) is 19.3 Å². The predicted molar refractivity (Wildman–Crippen MR) is 174 cm³/mol. The second kappa shape index (κ2) is 12.8. The first-order chi connectivity index (χ1) is 21.1. The fourth-order valence-corrected chi connectivity index (χ4v) is 7.22. The van der Waals surface area contributed by atoms with E-state index in [4.69, 9.17) is 9.72 Å². The Kier molecular flexibility index (Phi) is 9.44. The SMILES string of the molecule is C[C@H]1CCNc2cccc(n2)S(=O)(=O)NC(=O)c2ccc(N3CCC(NCOCCC(C)(C)C)C3=O)nc2N2C[C@@H]1CC2(C)C. The van der Waals surface area contributed by atoms with Gasteiger partial charge in [-0.25, -0.2) is 14.7 Å². The molecule has 2 saturated heterocycles. The zero-order valence-corrected chi connectivity index (χ0v) is 28.0. The zero-order valence-electron chi connectivity index (χ0n) is 27.2. The fourth-order valence-electron chi connectivity index (χ4n) is 6.29. The fraction of sp³-hybridized carbons (Fsp3) is 0.625. The molecule has 0 saturated carbocycles. The summed E-state index contributed by atoms with van der Waals surface area (Å²) in [6, 6.07) is 7.45. The first-order valence-electron chi connectivity index (χ1n) is 15.8. The number of carbonyl (C=O) groups is 2. The number of pyridine rings is 2. The second-order valence-corrected chi connectivity index (χ2v) is 15.9. The van der Waals surface area contributed by atoms with Gasteiger partial charge in [0.15, 0.2) is 5.03 Å². The van der Waals surface area contributed by atoms with Crippen molar-refractivity contribution in [3.8, 4) is 0 Å². The average molecular weight is 642 g/mol. The number of aromatic nitrogens is 2. The molecule has 13 heteroatoms. The van der Waals surface area contributed by atoms with Gasteiger partial charge in [-0.2, -0.15) is 8.42 Å². The molecule has 3 atom stereocenters. The van der Waals surface area contributed by atoms with Crippen LogP contribution in [-0.4, -0.2) is 74.8 Å². The summed E-state index contributed by atoms with van der Waals surface area (Å²) in [6.45, 7) is 15.6. The van der Waals surface area contributed by atoms with Gasteiger partial charge in [0.05, 0.1) is 18.3 Å². The summed E-state index contributed by atoms with van der Waals surface area (Å²) in [7, 11) is -4.27. The summed E-state index contributed by atoms with van der Waals surface area (Å²) in [5, 5.41) is 6.20. The van der Waals surface area contributed by atoms with Crippen LogP contribution in [0, 0.1) is 17.3 Å². The van der Waals surface area contributed by atoms with Crippen LogP contribution in [0.15, 0.2) is 35.4 Å². The number of nitrogens with zero attached hydrogens (tertiary/aromatic N) is 4. The largest absolute Gasteiger partial charge is 0.370 e. The number of anilines is 3. The molecule has 0 aromatic carbocycles. The van der Waals surface area contributed by atoms with Crippen LogP contribution in [0.2, 0.25) is 0 Å². The van der Waals surface area contributed by atoms with Gasteiger partial charge in [-0.15, -0.1) is 0 Å². The van der Waals surface area contributed by atoms with Crippen molar-refractivity contribution in [3.05, 3.63) is 35.9 Å². The van der Waals surface area contributed by atoms with Crippen LogP contribution in [-0.2, 0) is 19.6 Å². The Labute approximate surface area is 266 Å². The maximum Gasteiger partial charge on any atom is 0.281 e. The molecule has 2 fully saturated rings. The molecular weight excluding hydrogens is 594 g/mol. The molecule has 2 aromatic rings. The third-order valence-electron chi connectivity index (χ3n) is 9.12. The van der Waals surface area contributed by atoms with Crippen molar-refractivity contribution in [1.82, 2.24) is 20.0 Å². The lowest BCUT2D eigenvalue weighted by Crippen LogP contribution is -2.42. The molecule has 3 aliphatic rings. The number of fused-ring (bicyclic) bond motifs is 6. The molecule has 2 aromatic heterocycles. The Balaban J connectivity index is 1.43. The molecule has 12 nitrogen and oxygen atoms in total. The first kappa shape index (κ1) is 33.1. The molecule has 3 aliphatic heterocycles. The van der Waals surface area contributed by atoms with Crippen LogP contribution in [0.3, 0.4) is 0 Å². The minimum absolute atomic E-state index is 0.114. The molecule has 4 bridgehead atoms. The molecule has 2 amide bonds. The molecule has 0 aliphatic carbocycles. The molecular formula is C32H47N7O5S. The Morgan fingerprint density at radius 3 is 2.64 bits per heavy atom.